The summed E-state index contributed by atoms with van der Waals surface area (Å²) in [6, 6.07) is 10.6. The Morgan fingerprint density at radius 3 is 2.19 bits per heavy atom. The highest BCUT2D eigenvalue weighted by molar-refractivity contribution is 5.85. The van der Waals surface area contributed by atoms with E-state index in [2.05, 4.69) is 55.7 Å². The summed E-state index contributed by atoms with van der Waals surface area (Å²) < 4.78 is 0. The van der Waals surface area contributed by atoms with Crippen LogP contribution in [-0.4, -0.2) is 87.7 Å². The number of rotatable bonds is 7. The largest absolute Gasteiger partial charge is 0.369 e. The number of piperazine rings is 2. The van der Waals surface area contributed by atoms with Crippen molar-refractivity contribution in [2.45, 2.75) is 6.42 Å². The van der Waals surface area contributed by atoms with Gasteiger partial charge in [0.05, 0.1) is 0 Å². The third-order valence-corrected chi connectivity index (χ3v) is 5.11. The maximum atomic E-state index is 12.0. The highest BCUT2D eigenvalue weighted by Crippen LogP contribution is 2.15. The topological polar surface area (TPSA) is 50.9 Å². The number of hydrogen-bond acceptors (Lipinski definition) is 5. The van der Waals surface area contributed by atoms with Gasteiger partial charge in [-0.2, -0.15) is 0 Å². The van der Waals surface area contributed by atoms with Crippen molar-refractivity contribution in [2.75, 3.05) is 76.9 Å². The van der Waals surface area contributed by atoms with E-state index >= 15 is 0 Å². The summed E-state index contributed by atoms with van der Waals surface area (Å²) in [7, 11) is 0. The summed E-state index contributed by atoms with van der Waals surface area (Å²) in [6.45, 7) is 11.0. The fourth-order valence-electron chi connectivity index (χ4n) is 3.50. The number of carbonyl (C=O) groups excluding carboxylic acids is 1. The first-order chi connectivity index (χ1) is 12.3. The molecule has 0 bridgehead atoms. The quantitative estimate of drug-likeness (QED) is 0.694. The molecule has 2 saturated heterocycles. The van der Waals surface area contributed by atoms with Crippen LogP contribution in [0, 0.1) is 0 Å². The molecular formula is C19H33Cl2N5O. The molecule has 0 atom stereocenters. The number of carbonyl (C=O) groups is 1. The van der Waals surface area contributed by atoms with Crippen LogP contribution in [0.4, 0.5) is 5.69 Å². The van der Waals surface area contributed by atoms with E-state index in [9.17, 15) is 4.79 Å². The van der Waals surface area contributed by atoms with Gasteiger partial charge in [0.15, 0.2) is 0 Å². The average Bonchev–Trinajstić information content (AvgIpc) is 2.68. The third-order valence-electron chi connectivity index (χ3n) is 5.11. The van der Waals surface area contributed by atoms with Crippen molar-refractivity contribution in [3.8, 4) is 0 Å². The third kappa shape index (κ3) is 8.23. The van der Waals surface area contributed by atoms with Gasteiger partial charge in [0.25, 0.3) is 0 Å². The van der Waals surface area contributed by atoms with Crippen molar-refractivity contribution < 1.29 is 4.79 Å². The molecule has 6 nitrogen and oxygen atoms in total. The molecule has 154 valence electrons. The summed E-state index contributed by atoms with van der Waals surface area (Å²) >= 11 is 0. The van der Waals surface area contributed by atoms with Gasteiger partial charge in [0.2, 0.25) is 5.91 Å². The van der Waals surface area contributed by atoms with E-state index in [-0.39, 0.29) is 30.7 Å². The molecule has 1 amide bonds. The van der Waals surface area contributed by atoms with Gasteiger partial charge in [-0.25, -0.2) is 0 Å². The molecule has 0 aliphatic carbocycles. The first-order valence-electron chi connectivity index (χ1n) is 9.53. The average molecular weight is 418 g/mol. The highest BCUT2D eigenvalue weighted by atomic mass is 35.5. The number of nitrogens with zero attached hydrogens (tertiary/aromatic N) is 3. The lowest BCUT2D eigenvalue weighted by Crippen LogP contribution is -2.48. The van der Waals surface area contributed by atoms with E-state index in [0.29, 0.717) is 6.42 Å². The minimum atomic E-state index is 0. The van der Waals surface area contributed by atoms with Crippen molar-refractivity contribution in [1.82, 2.24) is 20.4 Å². The van der Waals surface area contributed by atoms with E-state index in [1.54, 1.807) is 0 Å². The van der Waals surface area contributed by atoms with E-state index < -0.39 is 0 Å². The maximum absolute atomic E-state index is 12.0. The minimum absolute atomic E-state index is 0. The molecule has 0 unspecified atom stereocenters. The van der Waals surface area contributed by atoms with Gasteiger partial charge < -0.3 is 15.5 Å². The Kier molecular flexibility index (Phi) is 11.7. The van der Waals surface area contributed by atoms with Gasteiger partial charge in [0, 0.05) is 84.1 Å². The van der Waals surface area contributed by atoms with Crippen molar-refractivity contribution >= 4 is 36.4 Å². The number of nitrogens with one attached hydrogen (secondary N) is 2. The summed E-state index contributed by atoms with van der Waals surface area (Å²) in [5, 5.41) is 6.41. The van der Waals surface area contributed by atoms with Crippen LogP contribution >= 0.6 is 24.8 Å². The highest BCUT2D eigenvalue weighted by Gasteiger charge is 2.17. The molecule has 2 heterocycles. The number of amides is 1. The van der Waals surface area contributed by atoms with Crippen LogP contribution in [0.3, 0.4) is 0 Å². The first kappa shape index (κ1) is 24.0. The fraction of sp³-hybridized carbons (Fsp3) is 0.632. The molecule has 0 aromatic heterocycles. The fourth-order valence-corrected chi connectivity index (χ4v) is 3.50. The molecule has 2 aliphatic heterocycles. The monoisotopic (exact) mass is 417 g/mol. The van der Waals surface area contributed by atoms with Crippen molar-refractivity contribution in [2.24, 2.45) is 0 Å². The first-order valence-corrected chi connectivity index (χ1v) is 9.53. The molecule has 2 N–H and O–H groups in total. The maximum Gasteiger partial charge on any atom is 0.221 e. The van der Waals surface area contributed by atoms with E-state index in [4.69, 9.17) is 0 Å². The summed E-state index contributed by atoms with van der Waals surface area (Å²) in [4.78, 5) is 19.3. The molecule has 8 heteroatoms. The molecule has 0 spiro atoms. The predicted octanol–water partition coefficient (Wildman–Crippen LogP) is 1.06. The lowest BCUT2D eigenvalue weighted by Gasteiger charge is -2.36. The molecule has 0 radical (unpaired) electrons. The summed E-state index contributed by atoms with van der Waals surface area (Å²) in [5.74, 6) is 0.181. The summed E-state index contributed by atoms with van der Waals surface area (Å²) in [5.41, 5.74) is 1.30. The Morgan fingerprint density at radius 1 is 0.889 bits per heavy atom. The van der Waals surface area contributed by atoms with Gasteiger partial charge in [-0.15, -0.1) is 24.8 Å². The smallest absolute Gasteiger partial charge is 0.221 e. The van der Waals surface area contributed by atoms with Crippen LogP contribution < -0.4 is 15.5 Å². The molecule has 1 aromatic rings. The van der Waals surface area contributed by atoms with Gasteiger partial charge in [-0.1, -0.05) is 18.2 Å². The normalized spacial score (nSPS) is 18.3. The van der Waals surface area contributed by atoms with Crippen molar-refractivity contribution in [1.29, 1.82) is 0 Å². The Bertz CT molecular complexity index is 520. The van der Waals surface area contributed by atoms with Crippen LogP contribution in [0.2, 0.25) is 0 Å². The Hall–Kier alpha value is -1.05. The predicted molar refractivity (Wildman–Crippen MR) is 117 cm³/mol. The second kappa shape index (κ2) is 13.2. The van der Waals surface area contributed by atoms with Gasteiger partial charge in [-0.3, -0.25) is 14.6 Å². The van der Waals surface area contributed by atoms with Crippen LogP contribution in [0.15, 0.2) is 30.3 Å². The minimum Gasteiger partial charge on any atom is -0.369 e. The summed E-state index contributed by atoms with van der Waals surface area (Å²) in [6.07, 6.45) is 0.604. The Labute approximate surface area is 175 Å². The zero-order valence-electron chi connectivity index (χ0n) is 15.9. The van der Waals surface area contributed by atoms with E-state index in [1.165, 1.54) is 5.69 Å². The van der Waals surface area contributed by atoms with E-state index in [1.807, 2.05) is 0 Å². The van der Waals surface area contributed by atoms with E-state index in [0.717, 1.165) is 72.0 Å². The zero-order valence-corrected chi connectivity index (χ0v) is 17.6. The molecule has 0 saturated carbocycles. The zero-order chi connectivity index (χ0) is 17.3. The molecular weight excluding hydrogens is 385 g/mol. The van der Waals surface area contributed by atoms with Gasteiger partial charge in [-0.05, 0) is 12.1 Å². The van der Waals surface area contributed by atoms with Crippen LogP contribution in [0.1, 0.15) is 6.42 Å². The number of anilines is 1. The van der Waals surface area contributed by atoms with Crippen molar-refractivity contribution in [3.63, 3.8) is 0 Å². The number of halogens is 2. The van der Waals surface area contributed by atoms with Gasteiger partial charge >= 0.3 is 0 Å². The van der Waals surface area contributed by atoms with Crippen molar-refractivity contribution in [3.05, 3.63) is 30.3 Å². The van der Waals surface area contributed by atoms with Crippen LogP contribution in [0.5, 0.6) is 0 Å². The number of hydrogen-bond donors (Lipinski definition) is 2. The second-order valence-electron chi connectivity index (χ2n) is 6.86. The Balaban J connectivity index is 0.00000182. The molecule has 2 aliphatic rings. The SMILES string of the molecule is Cl.Cl.O=C(CCN1CCN(c2ccccc2)CC1)NCCN1CCNCC1. The molecule has 27 heavy (non-hydrogen) atoms. The standard InChI is InChI=1S/C19H31N5O.2ClH/c25-19(21-9-13-23-11-7-20-8-12-23)6-10-22-14-16-24(17-15-22)18-4-2-1-3-5-18;;/h1-5,20H,6-17H2,(H,21,25);2*1H. The Morgan fingerprint density at radius 2 is 1.52 bits per heavy atom. The van der Waals surface area contributed by atoms with Crippen LogP contribution in [0.25, 0.3) is 0 Å². The van der Waals surface area contributed by atoms with Gasteiger partial charge in [0.1, 0.15) is 0 Å². The number of para-hydroxylation sites is 1. The second-order valence-corrected chi connectivity index (χ2v) is 6.86. The molecule has 1 aromatic carbocycles. The van der Waals surface area contributed by atoms with Crippen LogP contribution in [-0.2, 0) is 4.79 Å². The molecule has 3 rings (SSSR count). The lowest BCUT2D eigenvalue weighted by molar-refractivity contribution is -0.121. The number of benzene rings is 1. The lowest BCUT2D eigenvalue weighted by atomic mass is 10.2. The molecule has 2 fully saturated rings.